The topological polar surface area (TPSA) is 12.4 Å². The van der Waals surface area contributed by atoms with Crippen LogP contribution in [0, 0.1) is 0 Å². The molecule has 0 N–H and O–H groups in total. The fraction of sp³-hybridized carbons (Fsp3) is 0.0833. The van der Waals surface area contributed by atoms with Gasteiger partial charge in [-0.1, -0.05) is 29.8 Å². The quantitative estimate of drug-likeness (QED) is 0.564. The summed E-state index contributed by atoms with van der Waals surface area (Å²) in [4.78, 5) is 4.32. The lowest BCUT2D eigenvalue weighted by Crippen LogP contribution is -1.80. The molecule has 13 heavy (non-hydrogen) atoms. The normalized spacial score (nSPS) is 23.3. The third kappa shape index (κ3) is 1.75. The third-order valence-corrected chi connectivity index (χ3v) is 1.98. The van der Waals surface area contributed by atoms with Gasteiger partial charge < -0.3 is 0 Å². The van der Waals surface area contributed by atoms with Crippen LogP contribution in [-0.4, -0.2) is 6.21 Å². The molecule has 1 aliphatic rings. The van der Waals surface area contributed by atoms with Crippen molar-refractivity contribution in [2.75, 3.05) is 0 Å². The van der Waals surface area contributed by atoms with Crippen LogP contribution in [0.2, 0.25) is 0 Å². The van der Waals surface area contributed by atoms with Crippen molar-refractivity contribution in [1.82, 2.24) is 0 Å². The maximum atomic E-state index is 4.32. The standard InChI is InChI=1S/C12H11N/c1-10-5-4-8-13-12-7-3-2-6-11(12)9-10/h2-9H,1H3/b5-4-,8-4?,10-5?,10-9+,11-9?,13-8+,13-12?. The van der Waals surface area contributed by atoms with Gasteiger partial charge in [-0.25, -0.2) is 0 Å². The summed E-state index contributed by atoms with van der Waals surface area (Å²) >= 11 is 0. The van der Waals surface area contributed by atoms with Gasteiger partial charge in [0.1, 0.15) is 0 Å². The molecule has 0 unspecified atom stereocenters. The number of benzene rings is 1. The van der Waals surface area contributed by atoms with Gasteiger partial charge in [0.05, 0.1) is 5.69 Å². The van der Waals surface area contributed by atoms with E-state index in [1.165, 1.54) is 11.1 Å². The minimum atomic E-state index is 1.03. The van der Waals surface area contributed by atoms with E-state index in [1.807, 2.05) is 30.5 Å². The van der Waals surface area contributed by atoms with Crippen molar-refractivity contribution in [2.45, 2.75) is 6.92 Å². The molecule has 1 heteroatoms. The monoisotopic (exact) mass is 169 g/mol. The highest BCUT2D eigenvalue weighted by molar-refractivity contribution is 5.80. The fourth-order valence-electron chi connectivity index (χ4n) is 1.34. The fourth-order valence-corrected chi connectivity index (χ4v) is 1.34. The van der Waals surface area contributed by atoms with E-state index < -0.39 is 0 Å². The second-order valence-electron chi connectivity index (χ2n) is 3.08. The van der Waals surface area contributed by atoms with Crippen molar-refractivity contribution >= 4 is 18.0 Å². The first-order valence-corrected chi connectivity index (χ1v) is 4.34. The summed E-state index contributed by atoms with van der Waals surface area (Å²) in [7, 11) is 0. The summed E-state index contributed by atoms with van der Waals surface area (Å²) in [6.07, 6.45) is 7.98. The zero-order chi connectivity index (χ0) is 9.10. The maximum Gasteiger partial charge on any atom is 0.0702 e. The van der Waals surface area contributed by atoms with E-state index in [0.29, 0.717) is 0 Å². The Morgan fingerprint density at radius 1 is 1.15 bits per heavy atom. The Kier molecular flexibility index (Phi) is 2.09. The molecule has 0 aromatic heterocycles. The smallest absolute Gasteiger partial charge is 0.0702 e. The van der Waals surface area contributed by atoms with Crippen LogP contribution in [0.15, 0.2) is 47.0 Å². The average Bonchev–Trinajstić information content (AvgIpc) is 2.11. The number of hydrogen-bond donors (Lipinski definition) is 0. The Hall–Kier alpha value is -1.63. The van der Waals surface area contributed by atoms with Crippen LogP contribution in [0.1, 0.15) is 12.5 Å². The van der Waals surface area contributed by atoms with Crippen LogP contribution < -0.4 is 0 Å². The first-order chi connectivity index (χ1) is 6.36. The van der Waals surface area contributed by atoms with Crippen LogP contribution in [0.3, 0.4) is 0 Å². The lowest BCUT2D eigenvalue weighted by atomic mass is 10.1. The highest BCUT2D eigenvalue weighted by Gasteiger charge is 1.97. The molecule has 0 aliphatic carbocycles. The highest BCUT2D eigenvalue weighted by Crippen LogP contribution is 2.22. The van der Waals surface area contributed by atoms with E-state index in [2.05, 4.69) is 30.1 Å². The van der Waals surface area contributed by atoms with Crippen molar-refractivity contribution in [3.8, 4) is 0 Å². The van der Waals surface area contributed by atoms with Gasteiger partial charge >= 0.3 is 0 Å². The number of allylic oxidation sites excluding steroid dienone is 3. The number of nitrogens with zero attached hydrogens (tertiary/aromatic N) is 1. The molecule has 0 amide bonds. The van der Waals surface area contributed by atoms with Gasteiger partial charge in [-0.2, -0.15) is 0 Å². The maximum absolute atomic E-state index is 4.32. The van der Waals surface area contributed by atoms with Gasteiger partial charge in [0, 0.05) is 11.8 Å². The average molecular weight is 169 g/mol. The van der Waals surface area contributed by atoms with Gasteiger partial charge in [-0.3, -0.25) is 4.99 Å². The van der Waals surface area contributed by atoms with Crippen LogP contribution >= 0.6 is 0 Å². The van der Waals surface area contributed by atoms with Crippen molar-refractivity contribution in [2.24, 2.45) is 4.99 Å². The molecule has 64 valence electrons. The number of hydrogen-bond acceptors (Lipinski definition) is 1. The number of rotatable bonds is 0. The summed E-state index contributed by atoms with van der Waals surface area (Å²) in [5.74, 6) is 0. The van der Waals surface area contributed by atoms with Gasteiger partial charge in [-0.15, -0.1) is 0 Å². The van der Waals surface area contributed by atoms with E-state index in [-0.39, 0.29) is 0 Å². The molecule has 1 nitrogen and oxygen atoms in total. The largest absolute Gasteiger partial charge is 0.256 e. The van der Waals surface area contributed by atoms with Crippen LogP contribution in [0.5, 0.6) is 0 Å². The summed E-state index contributed by atoms with van der Waals surface area (Å²) in [6, 6.07) is 8.14. The summed E-state index contributed by atoms with van der Waals surface area (Å²) in [6.45, 7) is 2.09. The molecular weight excluding hydrogens is 158 g/mol. The van der Waals surface area contributed by atoms with Gasteiger partial charge in [-0.05, 0) is 25.1 Å². The molecular formula is C12H11N. The minimum absolute atomic E-state index is 1.03. The molecule has 0 saturated carbocycles. The SMILES string of the molecule is CC1=C\c2ccccc2/N=C/C=C\1. The van der Waals surface area contributed by atoms with E-state index in [9.17, 15) is 0 Å². The van der Waals surface area contributed by atoms with E-state index in [4.69, 9.17) is 0 Å². The van der Waals surface area contributed by atoms with E-state index in [1.54, 1.807) is 0 Å². The van der Waals surface area contributed by atoms with Crippen molar-refractivity contribution in [3.63, 3.8) is 0 Å². The van der Waals surface area contributed by atoms with Gasteiger partial charge in [0.15, 0.2) is 0 Å². The van der Waals surface area contributed by atoms with Crippen molar-refractivity contribution in [1.29, 1.82) is 0 Å². The molecule has 0 atom stereocenters. The third-order valence-electron chi connectivity index (χ3n) is 1.98. The lowest BCUT2D eigenvalue weighted by molar-refractivity contribution is 1.47. The Bertz CT molecular complexity index is 397. The van der Waals surface area contributed by atoms with Crippen LogP contribution in [0.4, 0.5) is 5.69 Å². The molecule has 0 saturated heterocycles. The molecule has 0 radical (unpaired) electrons. The summed E-state index contributed by atoms with van der Waals surface area (Å²) in [5.41, 5.74) is 3.46. The summed E-state index contributed by atoms with van der Waals surface area (Å²) < 4.78 is 0. The van der Waals surface area contributed by atoms with Crippen molar-refractivity contribution in [3.05, 3.63) is 47.6 Å². The Morgan fingerprint density at radius 3 is 2.92 bits per heavy atom. The Morgan fingerprint density at radius 2 is 2.00 bits per heavy atom. The zero-order valence-corrected chi connectivity index (χ0v) is 7.57. The number of para-hydroxylation sites is 1. The van der Waals surface area contributed by atoms with E-state index >= 15 is 0 Å². The minimum Gasteiger partial charge on any atom is -0.256 e. The molecule has 1 aromatic carbocycles. The predicted molar refractivity (Wildman–Crippen MR) is 57.4 cm³/mol. The van der Waals surface area contributed by atoms with Crippen LogP contribution in [-0.2, 0) is 0 Å². The molecule has 0 bridgehead atoms. The number of aliphatic imine (C=N–C) groups is 1. The van der Waals surface area contributed by atoms with Crippen molar-refractivity contribution < 1.29 is 0 Å². The first-order valence-electron chi connectivity index (χ1n) is 4.34. The highest BCUT2D eigenvalue weighted by atomic mass is 14.7. The van der Waals surface area contributed by atoms with Gasteiger partial charge in [0.2, 0.25) is 0 Å². The second kappa shape index (κ2) is 3.40. The predicted octanol–water partition coefficient (Wildman–Crippen LogP) is 3.36. The summed E-state index contributed by atoms with van der Waals surface area (Å²) in [5, 5.41) is 0. The zero-order valence-electron chi connectivity index (χ0n) is 7.57. The molecule has 0 fully saturated rings. The molecule has 1 aliphatic heterocycles. The molecule has 0 spiro atoms. The Labute approximate surface area is 78.1 Å². The first kappa shape index (κ1) is 7.99. The second-order valence-corrected chi connectivity index (χ2v) is 3.08. The van der Waals surface area contributed by atoms with E-state index in [0.717, 1.165) is 5.69 Å². The molecule has 2 rings (SSSR count). The molecule has 1 aromatic rings. The number of fused-ring (bicyclic) bond motifs is 1. The van der Waals surface area contributed by atoms with Crippen LogP contribution in [0.25, 0.3) is 6.08 Å². The Balaban J connectivity index is 2.58. The molecule has 1 heterocycles. The lowest BCUT2D eigenvalue weighted by Gasteiger charge is -2.02. The van der Waals surface area contributed by atoms with Gasteiger partial charge in [0.25, 0.3) is 0 Å².